The largest absolute Gasteiger partial charge is 0.350 e. The third-order valence-corrected chi connectivity index (χ3v) is 4.81. The molecule has 3 rings (SSSR count). The van der Waals surface area contributed by atoms with E-state index in [-0.39, 0.29) is 36.8 Å². The molecule has 2 N–H and O–H groups in total. The maximum atomic E-state index is 13.5. The summed E-state index contributed by atoms with van der Waals surface area (Å²) >= 11 is 0. The van der Waals surface area contributed by atoms with Gasteiger partial charge in [0.05, 0.1) is 19.1 Å². The van der Waals surface area contributed by atoms with Crippen LogP contribution < -0.4 is 10.6 Å². The highest BCUT2D eigenvalue weighted by atomic mass is 19.1. The Kier molecular flexibility index (Phi) is 6.23. The number of urea groups is 1. The van der Waals surface area contributed by atoms with Crippen molar-refractivity contribution in [1.82, 2.24) is 20.4 Å². The van der Waals surface area contributed by atoms with Crippen molar-refractivity contribution in [2.75, 3.05) is 27.2 Å². The van der Waals surface area contributed by atoms with E-state index in [1.807, 2.05) is 25.1 Å². The third kappa shape index (κ3) is 4.97. The van der Waals surface area contributed by atoms with Gasteiger partial charge in [0, 0.05) is 12.1 Å². The number of nitrogens with one attached hydrogen (secondary N) is 2. The van der Waals surface area contributed by atoms with Crippen molar-refractivity contribution in [2.45, 2.75) is 12.6 Å². The Morgan fingerprint density at radius 2 is 1.93 bits per heavy atom. The first-order chi connectivity index (χ1) is 13.8. The second-order valence-corrected chi connectivity index (χ2v) is 7.08. The van der Waals surface area contributed by atoms with E-state index in [9.17, 15) is 18.8 Å². The Bertz CT molecular complexity index is 898. The minimum absolute atomic E-state index is 0.0116. The predicted octanol–water partition coefficient (Wildman–Crippen LogP) is 1.91. The van der Waals surface area contributed by atoms with Crippen LogP contribution in [0.4, 0.5) is 9.18 Å². The highest BCUT2D eigenvalue weighted by molar-refractivity contribution is 6.01. The van der Waals surface area contributed by atoms with Crippen LogP contribution >= 0.6 is 0 Å². The van der Waals surface area contributed by atoms with Gasteiger partial charge in [-0.1, -0.05) is 24.3 Å². The van der Waals surface area contributed by atoms with Crippen LogP contribution in [0.5, 0.6) is 0 Å². The molecule has 1 heterocycles. The summed E-state index contributed by atoms with van der Waals surface area (Å²) in [6.45, 7) is 0.492. The van der Waals surface area contributed by atoms with E-state index < -0.39 is 6.03 Å². The van der Waals surface area contributed by atoms with Gasteiger partial charge >= 0.3 is 6.03 Å². The Balaban J connectivity index is 1.61. The minimum Gasteiger partial charge on any atom is -0.350 e. The molecule has 0 aromatic heterocycles. The zero-order chi connectivity index (χ0) is 21.0. The van der Waals surface area contributed by atoms with Crippen molar-refractivity contribution >= 4 is 17.8 Å². The normalized spacial score (nSPS) is 14.8. The molecule has 152 valence electrons. The Morgan fingerprint density at radius 1 is 1.21 bits per heavy atom. The molecule has 0 saturated carbocycles. The third-order valence-electron chi connectivity index (χ3n) is 4.81. The summed E-state index contributed by atoms with van der Waals surface area (Å²) in [5.41, 5.74) is 1.99. The Labute approximate surface area is 168 Å². The van der Waals surface area contributed by atoms with Gasteiger partial charge in [0.25, 0.3) is 5.91 Å². The number of carbonyl (C=O) groups is 3. The van der Waals surface area contributed by atoms with E-state index in [4.69, 9.17) is 0 Å². The van der Waals surface area contributed by atoms with E-state index in [0.29, 0.717) is 12.1 Å². The molecule has 8 heteroatoms. The van der Waals surface area contributed by atoms with Gasteiger partial charge in [0.2, 0.25) is 5.91 Å². The lowest BCUT2D eigenvalue weighted by atomic mass is 10.1. The lowest BCUT2D eigenvalue weighted by Gasteiger charge is -2.25. The number of hydrogen-bond acceptors (Lipinski definition) is 4. The van der Waals surface area contributed by atoms with Gasteiger partial charge in [0.15, 0.2) is 0 Å². The molecule has 1 unspecified atom stereocenters. The van der Waals surface area contributed by atoms with E-state index in [1.165, 1.54) is 12.1 Å². The molecule has 1 saturated heterocycles. The van der Waals surface area contributed by atoms with E-state index in [0.717, 1.165) is 16.0 Å². The molecular weight excluding hydrogens is 375 g/mol. The van der Waals surface area contributed by atoms with Gasteiger partial charge in [0.1, 0.15) is 5.82 Å². The summed E-state index contributed by atoms with van der Waals surface area (Å²) < 4.78 is 13.5. The van der Waals surface area contributed by atoms with Gasteiger partial charge in [-0.25, -0.2) is 9.18 Å². The topological polar surface area (TPSA) is 81.8 Å². The van der Waals surface area contributed by atoms with Crippen LogP contribution in [-0.4, -0.2) is 54.8 Å². The quantitative estimate of drug-likeness (QED) is 0.698. The van der Waals surface area contributed by atoms with E-state index in [2.05, 4.69) is 10.6 Å². The number of carbonyl (C=O) groups excluding carboxylic acids is 3. The fourth-order valence-electron chi connectivity index (χ4n) is 3.16. The lowest BCUT2D eigenvalue weighted by Crippen LogP contribution is -2.34. The summed E-state index contributed by atoms with van der Waals surface area (Å²) in [5.74, 6) is -0.847. The number of imide groups is 1. The van der Waals surface area contributed by atoms with Gasteiger partial charge in [-0.2, -0.15) is 0 Å². The number of likely N-dealkylation sites (N-methyl/N-ethyl adjacent to an activating group) is 1. The van der Waals surface area contributed by atoms with E-state index >= 15 is 0 Å². The fraction of sp³-hybridized carbons (Fsp3) is 0.286. The molecule has 0 aliphatic carbocycles. The van der Waals surface area contributed by atoms with Crippen molar-refractivity contribution in [2.24, 2.45) is 0 Å². The standard InChI is InChI=1S/C21H23FN4O3/c1-25(2)18(16-4-3-5-17(22)10-16)11-23-20(28)15-8-6-14(7-9-15)13-26-19(27)12-24-21(26)29/h3-10,18H,11-13H2,1-2H3,(H,23,28)(H,24,29). The average molecular weight is 398 g/mol. The number of benzene rings is 2. The smallest absolute Gasteiger partial charge is 0.324 e. The number of rotatable bonds is 7. The summed E-state index contributed by atoms with van der Waals surface area (Å²) in [5, 5.41) is 5.34. The van der Waals surface area contributed by atoms with Crippen LogP contribution in [0.25, 0.3) is 0 Å². The van der Waals surface area contributed by atoms with Crippen molar-refractivity contribution in [3.8, 4) is 0 Å². The monoisotopic (exact) mass is 398 g/mol. The first-order valence-corrected chi connectivity index (χ1v) is 9.22. The number of halogens is 1. The van der Waals surface area contributed by atoms with Crippen LogP contribution in [-0.2, 0) is 11.3 Å². The highest BCUT2D eigenvalue weighted by Gasteiger charge is 2.28. The van der Waals surface area contributed by atoms with Gasteiger partial charge < -0.3 is 15.5 Å². The summed E-state index contributed by atoms with van der Waals surface area (Å²) in [6, 6.07) is 12.5. The highest BCUT2D eigenvalue weighted by Crippen LogP contribution is 2.18. The molecule has 7 nitrogen and oxygen atoms in total. The summed E-state index contributed by atoms with van der Waals surface area (Å²) in [4.78, 5) is 38.8. The van der Waals surface area contributed by atoms with Gasteiger partial charge in [-0.15, -0.1) is 0 Å². The van der Waals surface area contributed by atoms with Crippen LogP contribution in [0.3, 0.4) is 0 Å². The second-order valence-electron chi connectivity index (χ2n) is 7.08. The minimum atomic E-state index is -0.413. The zero-order valence-corrected chi connectivity index (χ0v) is 16.3. The fourth-order valence-corrected chi connectivity index (χ4v) is 3.16. The summed E-state index contributed by atoms with van der Waals surface area (Å²) in [7, 11) is 3.73. The molecule has 4 amide bonds. The van der Waals surface area contributed by atoms with Crippen LogP contribution in [0.1, 0.15) is 27.5 Å². The van der Waals surface area contributed by atoms with Crippen molar-refractivity contribution < 1.29 is 18.8 Å². The molecular formula is C21H23FN4O3. The summed E-state index contributed by atoms with van der Waals surface area (Å²) in [6.07, 6.45) is 0. The molecule has 1 fully saturated rings. The van der Waals surface area contributed by atoms with Crippen LogP contribution in [0, 0.1) is 5.82 Å². The first-order valence-electron chi connectivity index (χ1n) is 9.22. The van der Waals surface area contributed by atoms with E-state index in [1.54, 1.807) is 30.3 Å². The molecule has 1 aliphatic heterocycles. The second kappa shape index (κ2) is 8.83. The Hall–Kier alpha value is -3.26. The molecule has 0 bridgehead atoms. The number of hydrogen-bond donors (Lipinski definition) is 2. The molecule has 29 heavy (non-hydrogen) atoms. The molecule has 1 aliphatic rings. The van der Waals surface area contributed by atoms with Gasteiger partial charge in [-0.05, 0) is 49.5 Å². The van der Waals surface area contributed by atoms with Crippen molar-refractivity contribution in [1.29, 1.82) is 0 Å². The predicted molar refractivity (Wildman–Crippen MR) is 106 cm³/mol. The Morgan fingerprint density at radius 3 is 2.52 bits per heavy atom. The average Bonchev–Trinajstić information content (AvgIpc) is 3.00. The first kappa shape index (κ1) is 20.5. The van der Waals surface area contributed by atoms with Crippen LogP contribution in [0.15, 0.2) is 48.5 Å². The van der Waals surface area contributed by atoms with Crippen molar-refractivity contribution in [3.63, 3.8) is 0 Å². The SMILES string of the molecule is CN(C)C(CNC(=O)c1ccc(CN2C(=O)CNC2=O)cc1)c1cccc(F)c1. The molecule has 2 aromatic carbocycles. The molecule has 0 radical (unpaired) electrons. The number of amides is 4. The van der Waals surface area contributed by atoms with Gasteiger partial charge in [-0.3, -0.25) is 14.5 Å². The molecule has 1 atom stereocenters. The van der Waals surface area contributed by atoms with Crippen molar-refractivity contribution in [3.05, 3.63) is 71.0 Å². The zero-order valence-electron chi connectivity index (χ0n) is 16.3. The van der Waals surface area contributed by atoms with Crippen LogP contribution in [0.2, 0.25) is 0 Å². The molecule has 0 spiro atoms. The lowest BCUT2D eigenvalue weighted by molar-refractivity contribution is -0.125. The maximum Gasteiger partial charge on any atom is 0.324 e. The number of nitrogens with zero attached hydrogens (tertiary/aromatic N) is 2. The molecule has 2 aromatic rings. The maximum absolute atomic E-state index is 13.5.